The number of hydrogen-bond acceptors (Lipinski definition) is 7. The first-order chi connectivity index (χ1) is 11.8. The maximum Gasteiger partial charge on any atom is 0.417 e. The first kappa shape index (κ1) is 17.4. The van der Waals surface area contributed by atoms with Crippen molar-refractivity contribution in [2.24, 2.45) is 5.92 Å². The van der Waals surface area contributed by atoms with Crippen molar-refractivity contribution in [1.29, 1.82) is 0 Å². The fraction of sp³-hybridized carbons (Fsp3) is 0.429. The molecule has 3 N–H and O–H groups in total. The van der Waals surface area contributed by atoms with E-state index < -0.39 is 11.7 Å². The van der Waals surface area contributed by atoms with E-state index in [-0.39, 0.29) is 18.4 Å². The van der Waals surface area contributed by atoms with Crippen LogP contribution in [0.2, 0.25) is 0 Å². The minimum atomic E-state index is -4.41. The number of anilines is 2. The number of carbonyl (C=O) groups is 1. The van der Waals surface area contributed by atoms with Gasteiger partial charge in [0.05, 0.1) is 18.0 Å². The van der Waals surface area contributed by atoms with Crippen molar-refractivity contribution >= 4 is 28.2 Å². The Morgan fingerprint density at radius 3 is 2.80 bits per heavy atom. The zero-order chi connectivity index (χ0) is 18.0. The van der Waals surface area contributed by atoms with Gasteiger partial charge in [0.25, 0.3) is 0 Å². The van der Waals surface area contributed by atoms with Gasteiger partial charge in [-0.05, 0) is 18.6 Å². The molecule has 0 saturated carbocycles. The van der Waals surface area contributed by atoms with Crippen molar-refractivity contribution < 1.29 is 18.0 Å². The molecule has 0 aliphatic carbocycles. The van der Waals surface area contributed by atoms with Gasteiger partial charge in [-0.1, -0.05) is 11.3 Å². The van der Waals surface area contributed by atoms with Crippen molar-refractivity contribution in [2.75, 3.05) is 23.7 Å². The fourth-order valence-corrected chi connectivity index (χ4v) is 3.12. The number of carbonyl (C=O) groups excluding carboxylic acids is 1. The molecular weight excluding hydrogens is 357 g/mol. The predicted octanol–water partition coefficient (Wildman–Crippen LogP) is 1.68. The van der Waals surface area contributed by atoms with Crippen LogP contribution in [-0.4, -0.2) is 34.2 Å². The van der Waals surface area contributed by atoms with E-state index in [1.54, 1.807) is 4.90 Å². The quantitative estimate of drug-likeness (QED) is 0.848. The molecule has 134 valence electrons. The normalized spacial score (nSPS) is 17.7. The largest absolute Gasteiger partial charge is 0.417 e. The zero-order valence-electron chi connectivity index (χ0n) is 13.0. The van der Waals surface area contributed by atoms with Gasteiger partial charge in [0, 0.05) is 19.3 Å². The van der Waals surface area contributed by atoms with Gasteiger partial charge in [-0.25, -0.2) is 4.98 Å². The van der Waals surface area contributed by atoms with Gasteiger partial charge in [0.15, 0.2) is 0 Å². The molecule has 1 saturated heterocycles. The number of rotatable bonds is 4. The summed E-state index contributed by atoms with van der Waals surface area (Å²) < 4.78 is 37.7. The van der Waals surface area contributed by atoms with Crippen molar-refractivity contribution in [3.8, 4) is 0 Å². The third-order valence-electron chi connectivity index (χ3n) is 3.85. The first-order valence-corrected chi connectivity index (χ1v) is 8.28. The molecule has 1 amide bonds. The van der Waals surface area contributed by atoms with Crippen LogP contribution in [0.3, 0.4) is 0 Å². The fourth-order valence-electron chi connectivity index (χ4n) is 2.57. The van der Waals surface area contributed by atoms with Gasteiger partial charge in [0.1, 0.15) is 10.8 Å². The molecule has 3 heterocycles. The predicted molar refractivity (Wildman–Crippen MR) is 85.7 cm³/mol. The lowest BCUT2D eigenvalue weighted by Crippen LogP contribution is -2.32. The maximum absolute atomic E-state index is 12.6. The molecule has 7 nitrogen and oxygen atoms in total. The standard InChI is InChI=1S/C14H15F3N6OS/c15-14(16,17)9-1-2-10(19-5-9)23-4-3-8(7-23)12(24)20-6-11-21-22-13(18)25-11/h1-2,5,8H,3-4,6-7H2,(H2,18,22)(H,20,24). The van der Waals surface area contributed by atoms with E-state index in [0.29, 0.717) is 35.5 Å². The zero-order valence-corrected chi connectivity index (χ0v) is 13.8. The molecule has 1 atom stereocenters. The molecule has 3 rings (SSSR count). The van der Waals surface area contributed by atoms with E-state index in [0.717, 1.165) is 12.3 Å². The lowest BCUT2D eigenvalue weighted by molar-refractivity contribution is -0.137. The Morgan fingerprint density at radius 2 is 2.20 bits per heavy atom. The number of hydrogen-bond donors (Lipinski definition) is 2. The minimum absolute atomic E-state index is 0.136. The van der Waals surface area contributed by atoms with Crippen LogP contribution in [0.5, 0.6) is 0 Å². The lowest BCUT2D eigenvalue weighted by Gasteiger charge is -2.18. The summed E-state index contributed by atoms with van der Waals surface area (Å²) in [6, 6.07) is 2.32. The molecule has 0 aromatic carbocycles. The third kappa shape index (κ3) is 4.16. The van der Waals surface area contributed by atoms with Gasteiger partial charge in [-0.3, -0.25) is 4.79 Å². The van der Waals surface area contributed by atoms with Crippen LogP contribution < -0.4 is 16.0 Å². The van der Waals surface area contributed by atoms with E-state index in [9.17, 15) is 18.0 Å². The summed E-state index contributed by atoms with van der Waals surface area (Å²) in [5.74, 6) is 0.0396. The topological polar surface area (TPSA) is 97.0 Å². The highest BCUT2D eigenvalue weighted by Crippen LogP contribution is 2.30. The van der Waals surface area contributed by atoms with Crippen LogP contribution in [0, 0.1) is 5.92 Å². The molecular formula is C14H15F3N6OS. The number of aromatic nitrogens is 3. The third-order valence-corrected chi connectivity index (χ3v) is 4.61. The highest BCUT2D eigenvalue weighted by Gasteiger charge is 2.32. The smallest absolute Gasteiger partial charge is 0.374 e. The van der Waals surface area contributed by atoms with Crippen LogP contribution in [0.15, 0.2) is 18.3 Å². The van der Waals surface area contributed by atoms with E-state index in [2.05, 4.69) is 20.5 Å². The Hall–Kier alpha value is -2.43. The highest BCUT2D eigenvalue weighted by molar-refractivity contribution is 7.15. The number of alkyl halides is 3. The van der Waals surface area contributed by atoms with Gasteiger partial charge >= 0.3 is 6.18 Å². The summed E-state index contributed by atoms with van der Waals surface area (Å²) in [6.07, 6.45) is -3.00. The van der Waals surface area contributed by atoms with Crippen molar-refractivity contribution in [2.45, 2.75) is 19.1 Å². The molecule has 1 aliphatic rings. The second-order valence-corrected chi connectivity index (χ2v) is 6.68. The average molecular weight is 372 g/mol. The summed E-state index contributed by atoms with van der Waals surface area (Å²) in [4.78, 5) is 17.9. The van der Waals surface area contributed by atoms with E-state index >= 15 is 0 Å². The van der Waals surface area contributed by atoms with Crippen LogP contribution in [0.1, 0.15) is 17.0 Å². The van der Waals surface area contributed by atoms with Crippen LogP contribution >= 0.6 is 11.3 Å². The number of nitrogens with two attached hydrogens (primary N) is 1. The number of pyridine rings is 1. The van der Waals surface area contributed by atoms with E-state index in [1.807, 2.05) is 0 Å². The molecule has 2 aromatic heterocycles. The van der Waals surface area contributed by atoms with Crippen molar-refractivity contribution in [3.05, 3.63) is 28.9 Å². The Balaban J connectivity index is 1.55. The number of halogens is 3. The van der Waals surface area contributed by atoms with Gasteiger partial charge < -0.3 is 16.0 Å². The van der Waals surface area contributed by atoms with Gasteiger partial charge in [-0.2, -0.15) is 13.2 Å². The number of amides is 1. The molecule has 0 radical (unpaired) electrons. The highest BCUT2D eigenvalue weighted by atomic mass is 32.1. The molecule has 2 aromatic rings. The first-order valence-electron chi connectivity index (χ1n) is 7.46. The Kier molecular flexibility index (Phi) is 4.75. The molecule has 1 unspecified atom stereocenters. The SMILES string of the molecule is Nc1nnc(CNC(=O)C2CCN(c3ccc(C(F)(F)F)cn3)C2)s1. The van der Waals surface area contributed by atoms with Gasteiger partial charge in [0.2, 0.25) is 11.0 Å². The molecule has 1 aliphatic heterocycles. The summed E-state index contributed by atoms with van der Waals surface area (Å²) >= 11 is 1.20. The summed E-state index contributed by atoms with van der Waals surface area (Å²) in [5, 5.41) is 11.2. The van der Waals surface area contributed by atoms with Crippen molar-refractivity contribution in [3.63, 3.8) is 0 Å². The van der Waals surface area contributed by atoms with Crippen molar-refractivity contribution in [1.82, 2.24) is 20.5 Å². The number of nitrogen functional groups attached to an aromatic ring is 1. The van der Waals surface area contributed by atoms with Crippen LogP contribution in [0.4, 0.5) is 24.1 Å². The second-order valence-electron chi connectivity index (χ2n) is 5.59. The van der Waals surface area contributed by atoms with E-state index in [1.165, 1.54) is 17.4 Å². The maximum atomic E-state index is 12.6. The summed E-state index contributed by atoms with van der Waals surface area (Å²) in [5.41, 5.74) is 4.68. The Morgan fingerprint density at radius 1 is 1.40 bits per heavy atom. The minimum Gasteiger partial charge on any atom is -0.374 e. The molecule has 11 heteroatoms. The van der Waals surface area contributed by atoms with Gasteiger partial charge in [-0.15, -0.1) is 10.2 Å². The number of nitrogens with one attached hydrogen (secondary N) is 1. The molecule has 1 fully saturated rings. The van der Waals surface area contributed by atoms with Crippen LogP contribution in [-0.2, 0) is 17.5 Å². The second kappa shape index (κ2) is 6.82. The lowest BCUT2D eigenvalue weighted by atomic mass is 10.1. The Bertz CT molecular complexity index is 748. The molecule has 0 bridgehead atoms. The summed E-state index contributed by atoms with van der Waals surface area (Å²) in [7, 11) is 0. The van der Waals surface area contributed by atoms with Crippen LogP contribution in [0.25, 0.3) is 0 Å². The molecule has 25 heavy (non-hydrogen) atoms. The molecule has 0 spiro atoms. The Labute approximate surface area is 145 Å². The monoisotopic (exact) mass is 372 g/mol. The average Bonchev–Trinajstić information content (AvgIpc) is 3.21. The number of nitrogens with zero attached hydrogens (tertiary/aromatic N) is 4. The summed E-state index contributed by atoms with van der Waals surface area (Å²) in [6.45, 7) is 1.22. The van der Waals surface area contributed by atoms with E-state index in [4.69, 9.17) is 5.73 Å².